The smallest absolute Gasteiger partial charge is 0.225 e. The maximum atomic E-state index is 11.7. The van der Waals surface area contributed by atoms with Gasteiger partial charge in [0, 0.05) is 51.1 Å². The van der Waals surface area contributed by atoms with Gasteiger partial charge in [0.2, 0.25) is 5.91 Å². The number of nitrogens with zero attached hydrogens (tertiary/aromatic N) is 3. The predicted molar refractivity (Wildman–Crippen MR) is 76.4 cm³/mol. The highest BCUT2D eigenvalue weighted by molar-refractivity contribution is 7.14. The highest BCUT2D eigenvalue weighted by Gasteiger charge is 2.33. The van der Waals surface area contributed by atoms with Crippen molar-refractivity contribution in [3.05, 3.63) is 11.1 Å². The van der Waals surface area contributed by atoms with E-state index in [0.717, 1.165) is 56.4 Å². The number of aromatic nitrogens is 1. The van der Waals surface area contributed by atoms with E-state index < -0.39 is 0 Å². The van der Waals surface area contributed by atoms with Gasteiger partial charge in [-0.15, -0.1) is 11.3 Å². The van der Waals surface area contributed by atoms with Crippen molar-refractivity contribution in [3.63, 3.8) is 0 Å². The topological polar surface area (TPSA) is 48.5 Å². The molecule has 5 nitrogen and oxygen atoms in total. The van der Waals surface area contributed by atoms with Crippen LogP contribution in [0.15, 0.2) is 5.38 Å². The SMILES string of the molecule is CC(=O)N(c1nc(CN2CCNCC2)cs1)C1CC1. The first kappa shape index (κ1) is 13.0. The lowest BCUT2D eigenvalue weighted by Crippen LogP contribution is -2.42. The third-order valence-corrected chi connectivity index (χ3v) is 4.48. The molecule has 6 heteroatoms. The predicted octanol–water partition coefficient (Wildman–Crippen LogP) is 1.06. The van der Waals surface area contributed by atoms with Crippen LogP contribution < -0.4 is 10.2 Å². The van der Waals surface area contributed by atoms with E-state index in [0.29, 0.717) is 6.04 Å². The van der Waals surface area contributed by atoms with Crippen molar-refractivity contribution in [1.29, 1.82) is 0 Å². The van der Waals surface area contributed by atoms with Gasteiger partial charge in [-0.2, -0.15) is 0 Å². The van der Waals surface area contributed by atoms with E-state index in [1.165, 1.54) is 0 Å². The Morgan fingerprint density at radius 1 is 1.53 bits per heavy atom. The summed E-state index contributed by atoms with van der Waals surface area (Å²) in [6, 6.07) is 0.399. The van der Waals surface area contributed by atoms with Gasteiger partial charge < -0.3 is 5.32 Å². The molecule has 0 atom stereocenters. The number of nitrogens with one attached hydrogen (secondary N) is 1. The van der Waals surface area contributed by atoms with Crippen LogP contribution in [0.25, 0.3) is 0 Å². The minimum absolute atomic E-state index is 0.116. The van der Waals surface area contributed by atoms with Crippen LogP contribution in [0.5, 0.6) is 0 Å². The molecule has 104 valence electrons. The lowest BCUT2D eigenvalue weighted by atomic mass is 10.3. The molecule has 2 aliphatic rings. The number of anilines is 1. The largest absolute Gasteiger partial charge is 0.314 e. The minimum atomic E-state index is 0.116. The highest BCUT2D eigenvalue weighted by atomic mass is 32.1. The van der Waals surface area contributed by atoms with Crippen molar-refractivity contribution in [2.24, 2.45) is 0 Å². The zero-order valence-corrected chi connectivity index (χ0v) is 12.1. The fraction of sp³-hybridized carbons (Fsp3) is 0.692. The van der Waals surface area contributed by atoms with Gasteiger partial charge in [-0.25, -0.2) is 4.98 Å². The van der Waals surface area contributed by atoms with Crippen LogP contribution in [-0.2, 0) is 11.3 Å². The molecule has 0 unspecified atom stereocenters. The second-order valence-electron chi connectivity index (χ2n) is 5.27. The third-order valence-electron chi connectivity index (χ3n) is 3.59. The zero-order valence-electron chi connectivity index (χ0n) is 11.3. The first-order valence-corrected chi connectivity index (χ1v) is 7.79. The number of hydrogen-bond acceptors (Lipinski definition) is 5. The summed E-state index contributed by atoms with van der Waals surface area (Å²) in [6.07, 6.45) is 2.23. The Labute approximate surface area is 117 Å². The van der Waals surface area contributed by atoms with Gasteiger partial charge in [-0.1, -0.05) is 0 Å². The van der Waals surface area contributed by atoms with Crippen molar-refractivity contribution in [2.45, 2.75) is 32.4 Å². The molecule has 1 saturated heterocycles. The molecule has 0 radical (unpaired) electrons. The molecule has 0 aromatic carbocycles. The van der Waals surface area contributed by atoms with Crippen LogP contribution in [0.1, 0.15) is 25.5 Å². The van der Waals surface area contributed by atoms with E-state index in [2.05, 4.69) is 20.6 Å². The van der Waals surface area contributed by atoms with Crippen molar-refractivity contribution < 1.29 is 4.79 Å². The molecule has 19 heavy (non-hydrogen) atoms. The second-order valence-corrected chi connectivity index (χ2v) is 6.10. The number of amides is 1. The number of hydrogen-bond donors (Lipinski definition) is 1. The second kappa shape index (κ2) is 5.56. The Balaban J connectivity index is 1.66. The van der Waals surface area contributed by atoms with E-state index >= 15 is 0 Å². The Morgan fingerprint density at radius 3 is 2.89 bits per heavy atom. The zero-order chi connectivity index (χ0) is 13.2. The van der Waals surface area contributed by atoms with Gasteiger partial charge in [0.15, 0.2) is 5.13 Å². The van der Waals surface area contributed by atoms with E-state index in [1.807, 2.05) is 4.90 Å². The summed E-state index contributed by atoms with van der Waals surface area (Å²) >= 11 is 1.59. The molecule has 1 aromatic rings. The first-order chi connectivity index (χ1) is 9.24. The summed E-state index contributed by atoms with van der Waals surface area (Å²) in [5.41, 5.74) is 1.09. The van der Waals surface area contributed by atoms with Gasteiger partial charge in [0.05, 0.1) is 5.69 Å². The average Bonchev–Trinajstić information content (AvgIpc) is 3.11. The fourth-order valence-electron chi connectivity index (χ4n) is 2.46. The number of rotatable bonds is 4. The molecular weight excluding hydrogens is 260 g/mol. The van der Waals surface area contributed by atoms with Gasteiger partial charge in [-0.3, -0.25) is 14.6 Å². The van der Waals surface area contributed by atoms with Crippen molar-refractivity contribution in [3.8, 4) is 0 Å². The quantitative estimate of drug-likeness (QED) is 0.896. The van der Waals surface area contributed by atoms with E-state index in [1.54, 1.807) is 18.3 Å². The average molecular weight is 280 g/mol. The summed E-state index contributed by atoms with van der Waals surface area (Å²) in [5, 5.41) is 6.32. The van der Waals surface area contributed by atoms with Crippen LogP contribution in [0.2, 0.25) is 0 Å². The molecular formula is C13H20N4OS. The summed E-state index contributed by atoms with van der Waals surface area (Å²) in [7, 11) is 0. The molecule has 1 N–H and O–H groups in total. The molecule has 1 aliphatic heterocycles. The van der Waals surface area contributed by atoms with E-state index in [-0.39, 0.29) is 5.91 Å². The maximum absolute atomic E-state index is 11.7. The summed E-state index contributed by atoms with van der Waals surface area (Å²) in [4.78, 5) is 20.6. The number of carbonyl (C=O) groups excluding carboxylic acids is 1. The standard InChI is InChI=1S/C13H20N4OS/c1-10(18)17(12-2-3-12)13-15-11(9-19-13)8-16-6-4-14-5-7-16/h9,12,14H,2-8H2,1H3. The molecule has 1 saturated carbocycles. The van der Waals surface area contributed by atoms with Crippen LogP contribution in [0.4, 0.5) is 5.13 Å². The van der Waals surface area contributed by atoms with Gasteiger partial charge >= 0.3 is 0 Å². The van der Waals surface area contributed by atoms with Crippen LogP contribution in [0, 0.1) is 0 Å². The van der Waals surface area contributed by atoms with Gasteiger partial charge in [-0.05, 0) is 12.8 Å². The minimum Gasteiger partial charge on any atom is -0.314 e. The Hall–Kier alpha value is -0.980. The number of carbonyl (C=O) groups is 1. The molecule has 3 rings (SSSR count). The van der Waals surface area contributed by atoms with Gasteiger partial charge in [0.1, 0.15) is 0 Å². The van der Waals surface area contributed by atoms with Crippen LogP contribution in [-0.4, -0.2) is 48.0 Å². The molecule has 2 fully saturated rings. The Kier molecular flexibility index (Phi) is 3.81. The highest BCUT2D eigenvalue weighted by Crippen LogP contribution is 2.33. The Morgan fingerprint density at radius 2 is 2.26 bits per heavy atom. The third kappa shape index (κ3) is 3.13. The number of piperazine rings is 1. The van der Waals surface area contributed by atoms with Crippen molar-refractivity contribution in [2.75, 3.05) is 31.1 Å². The van der Waals surface area contributed by atoms with E-state index in [4.69, 9.17) is 0 Å². The molecule has 1 amide bonds. The van der Waals surface area contributed by atoms with Crippen LogP contribution >= 0.6 is 11.3 Å². The van der Waals surface area contributed by atoms with E-state index in [9.17, 15) is 4.79 Å². The number of thiazole rings is 1. The molecule has 1 aromatic heterocycles. The summed E-state index contributed by atoms with van der Waals surface area (Å²) < 4.78 is 0. The molecule has 2 heterocycles. The molecule has 1 aliphatic carbocycles. The summed E-state index contributed by atoms with van der Waals surface area (Å²) in [6.45, 7) is 6.79. The lowest BCUT2D eigenvalue weighted by Gasteiger charge is -2.26. The molecule has 0 spiro atoms. The maximum Gasteiger partial charge on any atom is 0.225 e. The monoisotopic (exact) mass is 280 g/mol. The summed E-state index contributed by atoms with van der Waals surface area (Å²) in [5.74, 6) is 0.116. The first-order valence-electron chi connectivity index (χ1n) is 6.91. The van der Waals surface area contributed by atoms with Crippen molar-refractivity contribution in [1.82, 2.24) is 15.2 Å². The normalized spacial score (nSPS) is 20.5. The van der Waals surface area contributed by atoms with Crippen LogP contribution in [0.3, 0.4) is 0 Å². The molecule has 0 bridgehead atoms. The Bertz CT molecular complexity index is 451. The lowest BCUT2D eigenvalue weighted by molar-refractivity contribution is -0.116. The van der Waals surface area contributed by atoms with Gasteiger partial charge in [0.25, 0.3) is 0 Å². The fourth-order valence-corrected chi connectivity index (χ4v) is 3.39. The van der Waals surface area contributed by atoms with Crippen molar-refractivity contribution >= 4 is 22.4 Å².